The zero-order valence-corrected chi connectivity index (χ0v) is 16.3. The van der Waals surface area contributed by atoms with Crippen molar-refractivity contribution < 1.29 is 14.3 Å². The largest absolute Gasteiger partial charge is 0.465 e. The highest BCUT2D eigenvalue weighted by molar-refractivity contribution is 7.99. The number of aryl methyl sites for hydroxylation is 1. The third-order valence-corrected chi connectivity index (χ3v) is 5.27. The molecular weight excluding hydrogens is 362 g/mol. The summed E-state index contributed by atoms with van der Waals surface area (Å²) in [5, 5.41) is 0.807. The molecule has 0 radical (unpaired) electrons. The summed E-state index contributed by atoms with van der Waals surface area (Å²) in [5.41, 5.74) is 2.86. The monoisotopic (exact) mass is 383 g/mol. The second-order valence-electron chi connectivity index (χ2n) is 5.88. The number of hydrogen-bond donors (Lipinski definition) is 0. The van der Waals surface area contributed by atoms with Gasteiger partial charge in [0.1, 0.15) is 0 Å². The van der Waals surface area contributed by atoms with E-state index in [9.17, 15) is 9.59 Å². The van der Waals surface area contributed by atoms with E-state index in [-0.39, 0.29) is 11.7 Å². The van der Waals surface area contributed by atoms with Crippen LogP contribution in [0, 0.1) is 0 Å². The molecule has 3 rings (SSSR count). The Morgan fingerprint density at radius 1 is 1.15 bits per heavy atom. The van der Waals surface area contributed by atoms with E-state index in [4.69, 9.17) is 4.74 Å². The van der Waals surface area contributed by atoms with E-state index in [2.05, 4.69) is 16.5 Å². The summed E-state index contributed by atoms with van der Waals surface area (Å²) in [7, 11) is 2.99. The summed E-state index contributed by atoms with van der Waals surface area (Å²) in [4.78, 5) is 30.8. The van der Waals surface area contributed by atoms with E-state index in [0.717, 1.165) is 22.7 Å². The fraction of sp³-hybridized carbons (Fsp3) is 0.250. The number of imidazole rings is 1. The van der Waals surface area contributed by atoms with Crippen LogP contribution in [0.1, 0.15) is 17.3 Å². The van der Waals surface area contributed by atoms with E-state index in [1.54, 1.807) is 31.3 Å². The molecule has 2 aromatic carbocycles. The van der Waals surface area contributed by atoms with E-state index in [1.165, 1.54) is 23.8 Å². The molecule has 0 N–H and O–H groups in total. The minimum Gasteiger partial charge on any atom is -0.465 e. The van der Waals surface area contributed by atoms with Crippen LogP contribution in [0.25, 0.3) is 11.0 Å². The molecule has 7 heteroatoms. The highest BCUT2D eigenvalue weighted by Crippen LogP contribution is 2.26. The molecule has 1 amide bonds. The Balaban J connectivity index is 1.78. The van der Waals surface area contributed by atoms with Gasteiger partial charge in [-0.3, -0.25) is 4.79 Å². The molecule has 0 saturated carbocycles. The van der Waals surface area contributed by atoms with Gasteiger partial charge in [-0.05, 0) is 31.2 Å². The van der Waals surface area contributed by atoms with E-state index < -0.39 is 5.97 Å². The Hall–Kier alpha value is -2.80. The lowest BCUT2D eigenvalue weighted by atomic mass is 10.1. The smallest absolute Gasteiger partial charge is 0.339 e. The van der Waals surface area contributed by atoms with Gasteiger partial charge in [-0.2, -0.15) is 0 Å². The molecular formula is C20H21N3O3S. The van der Waals surface area contributed by atoms with Crippen LogP contribution in [0.4, 0.5) is 5.69 Å². The normalized spacial score (nSPS) is 10.8. The molecule has 0 aliphatic heterocycles. The molecule has 0 aliphatic carbocycles. The number of carbonyl (C=O) groups is 2. The highest BCUT2D eigenvalue weighted by atomic mass is 32.2. The van der Waals surface area contributed by atoms with Gasteiger partial charge in [0.15, 0.2) is 5.16 Å². The van der Waals surface area contributed by atoms with Crippen LogP contribution in [0.2, 0.25) is 0 Å². The van der Waals surface area contributed by atoms with Gasteiger partial charge in [0, 0.05) is 13.6 Å². The fourth-order valence-electron chi connectivity index (χ4n) is 2.88. The minimum atomic E-state index is -0.467. The lowest BCUT2D eigenvalue weighted by Crippen LogP contribution is -2.29. The summed E-state index contributed by atoms with van der Waals surface area (Å²) < 4.78 is 6.90. The number of carbonyl (C=O) groups excluding carboxylic acids is 2. The first kappa shape index (κ1) is 19.0. The van der Waals surface area contributed by atoms with E-state index in [1.807, 2.05) is 24.3 Å². The molecule has 0 unspecified atom stereocenters. The van der Waals surface area contributed by atoms with Crippen molar-refractivity contribution in [3.63, 3.8) is 0 Å². The Bertz CT molecular complexity index is 984. The molecule has 27 heavy (non-hydrogen) atoms. The number of fused-ring (bicyclic) bond motifs is 1. The number of ether oxygens (including phenoxy) is 1. The molecule has 0 bridgehead atoms. The van der Waals surface area contributed by atoms with Crippen LogP contribution in [-0.4, -0.2) is 41.3 Å². The van der Waals surface area contributed by atoms with Crippen LogP contribution in [0.3, 0.4) is 0 Å². The molecule has 0 atom stereocenters. The van der Waals surface area contributed by atoms with Crippen LogP contribution >= 0.6 is 11.8 Å². The predicted octanol–water partition coefficient (Wildman–Crippen LogP) is 3.60. The standard InChI is InChI=1S/C20H21N3O3S/c1-4-23-17-12-8-6-10-15(17)21-20(23)27-13-18(24)22(2)16-11-7-5-9-14(16)19(25)26-3/h5-12H,4,13H2,1-3H3. The minimum absolute atomic E-state index is 0.119. The maximum absolute atomic E-state index is 12.7. The summed E-state index contributed by atoms with van der Waals surface area (Å²) in [5.74, 6) is -0.369. The Kier molecular flexibility index (Phi) is 5.81. The van der Waals surface area contributed by atoms with Crippen molar-refractivity contribution in [1.29, 1.82) is 0 Å². The number of nitrogens with zero attached hydrogens (tertiary/aromatic N) is 3. The lowest BCUT2D eigenvalue weighted by Gasteiger charge is -2.19. The Morgan fingerprint density at radius 3 is 2.59 bits per heavy atom. The second kappa shape index (κ2) is 8.26. The van der Waals surface area contributed by atoms with Gasteiger partial charge in [0.25, 0.3) is 0 Å². The van der Waals surface area contributed by atoms with Crippen molar-refractivity contribution in [1.82, 2.24) is 9.55 Å². The number of esters is 1. The molecule has 6 nitrogen and oxygen atoms in total. The lowest BCUT2D eigenvalue weighted by molar-refractivity contribution is -0.115. The first-order chi connectivity index (χ1) is 13.1. The molecule has 140 valence electrons. The SMILES string of the molecule is CCn1c(SCC(=O)N(C)c2ccccc2C(=O)OC)nc2ccccc21. The van der Waals surface area contributed by atoms with Crippen LogP contribution < -0.4 is 4.90 Å². The van der Waals surface area contributed by atoms with Crippen molar-refractivity contribution in [2.24, 2.45) is 0 Å². The number of hydrogen-bond acceptors (Lipinski definition) is 5. The second-order valence-corrected chi connectivity index (χ2v) is 6.82. The van der Waals surface area contributed by atoms with Crippen LogP contribution in [0.5, 0.6) is 0 Å². The van der Waals surface area contributed by atoms with Crippen molar-refractivity contribution in [3.05, 3.63) is 54.1 Å². The molecule has 0 fully saturated rings. The number of thioether (sulfide) groups is 1. The fourth-order valence-corrected chi connectivity index (χ4v) is 3.87. The van der Waals surface area contributed by atoms with Gasteiger partial charge in [-0.1, -0.05) is 36.0 Å². The zero-order chi connectivity index (χ0) is 19.4. The van der Waals surface area contributed by atoms with Gasteiger partial charge in [-0.15, -0.1) is 0 Å². The molecule has 0 saturated heterocycles. The number of para-hydroxylation sites is 3. The Labute approximate surface area is 162 Å². The van der Waals surface area contributed by atoms with Gasteiger partial charge in [0.2, 0.25) is 5.91 Å². The zero-order valence-electron chi connectivity index (χ0n) is 15.5. The maximum atomic E-state index is 12.7. The molecule has 1 aromatic heterocycles. The number of aromatic nitrogens is 2. The molecule has 1 heterocycles. The van der Waals surface area contributed by atoms with Gasteiger partial charge >= 0.3 is 5.97 Å². The third-order valence-electron chi connectivity index (χ3n) is 4.31. The summed E-state index contributed by atoms with van der Waals surface area (Å²) in [6.45, 7) is 2.83. The van der Waals surface area contributed by atoms with Crippen molar-refractivity contribution in [2.45, 2.75) is 18.6 Å². The Morgan fingerprint density at radius 2 is 1.85 bits per heavy atom. The van der Waals surface area contributed by atoms with Crippen molar-refractivity contribution in [3.8, 4) is 0 Å². The van der Waals surface area contributed by atoms with Crippen molar-refractivity contribution >= 4 is 40.4 Å². The number of rotatable bonds is 6. The van der Waals surface area contributed by atoms with Gasteiger partial charge in [-0.25, -0.2) is 9.78 Å². The first-order valence-electron chi connectivity index (χ1n) is 8.58. The number of amides is 1. The van der Waals surface area contributed by atoms with Crippen LogP contribution in [0.15, 0.2) is 53.7 Å². The van der Waals surface area contributed by atoms with Crippen LogP contribution in [-0.2, 0) is 16.1 Å². The van der Waals surface area contributed by atoms with Gasteiger partial charge < -0.3 is 14.2 Å². The topological polar surface area (TPSA) is 64.4 Å². The quantitative estimate of drug-likeness (QED) is 0.481. The predicted molar refractivity (Wildman–Crippen MR) is 107 cm³/mol. The van der Waals surface area contributed by atoms with E-state index in [0.29, 0.717) is 11.3 Å². The molecule has 0 spiro atoms. The number of anilines is 1. The van der Waals surface area contributed by atoms with Crippen molar-refractivity contribution in [2.75, 3.05) is 24.8 Å². The summed E-state index contributed by atoms with van der Waals surface area (Å²) in [6, 6.07) is 14.8. The summed E-state index contributed by atoms with van der Waals surface area (Å²) >= 11 is 1.39. The van der Waals surface area contributed by atoms with Gasteiger partial charge in [0.05, 0.1) is 35.1 Å². The van der Waals surface area contributed by atoms with E-state index >= 15 is 0 Å². The molecule has 0 aliphatic rings. The number of methoxy groups -OCH3 is 1. The molecule has 3 aromatic rings. The average molecular weight is 383 g/mol. The number of benzene rings is 2. The maximum Gasteiger partial charge on any atom is 0.339 e. The third kappa shape index (κ3) is 3.83. The first-order valence-corrected chi connectivity index (χ1v) is 9.57. The summed E-state index contributed by atoms with van der Waals surface area (Å²) in [6.07, 6.45) is 0. The average Bonchev–Trinajstić information content (AvgIpc) is 3.08. The highest BCUT2D eigenvalue weighted by Gasteiger charge is 2.20.